The first-order valence-corrected chi connectivity index (χ1v) is 38.9. The number of carbonyl (C=O) groups is 12. The number of carbonyl (C=O) groups excluding carboxylic acids is 12. The van der Waals surface area contributed by atoms with Crippen LogP contribution in [0.15, 0.2) is 83.3 Å². The molecule has 2 aromatic carbocycles. The van der Waals surface area contributed by atoms with E-state index in [4.69, 9.17) is 40.1 Å². The summed E-state index contributed by atoms with van der Waals surface area (Å²) in [5, 5.41) is 23.0. The molecule has 2 saturated heterocycles. The van der Waals surface area contributed by atoms with Crippen molar-refractivity contribution in [3.05, 3.63) is 90.1 Å². The minimum absolute atomic E-state index is 0.00544. The van der Waals surface area contributed by atoms with E-state index < -0.39 is 162 Å². The third-order valence-corrected chi connectivity index (χ3v) is 21.2. The summed E-state index contributed by atoms with van der Waals surface area (Å²) >= 11 is 0. The number of hydrogen-bond acceptors (Lipinski definition) is 20. The molecule has 2 aromatic heterocycles. The Kier molecular flexibility index (Phi) is 36.6. The van der Waals surface area contributed by atoms with Crippen LogP contribution in [0, 0.1) is 23.7 Å². The fourth-order valence-corrected chi connectivity index (χ4v) is 15.1. The lowest BCUT2D eigenvalue weighted by atomic mass is 9.82. The van der Waals surface area contributed by atoms with E-state index in [1.165, 1.54) is 19.4 Å². The molecule has 106 heavy (non-hydrogen) atoms. The third kappa shape index (κ3) is 28.9. The zero-order chi connectivity index (χ0) is 77.1. The van der Waals surface area contributed by atoms with E-state index in [1.807, 2.05) is 24.3 Å². The average Bonchev–Trinajstić information content (AvgIpc) is 1.64. The quantitative estimate of drug-likeness (QED) is 0.0171. The molecule has 0 aliphatic carbocycles. The van der Waals surface area contributed by atoms with Crippen LogP contribution in [0.25, 0.3) is 10.9 Å². The number of aromatic nitrogens is 3. The molecule has 4 heterocycles. The number of fused-ring (bicyclic) bond motifs is 6. The number of hydrogen-bond donors (Lipinski definition) is 17. The molecule has 32 nitrogen and oxygen atoms in total. The summed E-state index contributed by atoms with van der Waals surface area (Å²) in [6, 6.07) is 4.81. The molecule has 24 N–H and O–H groups in total. The first-order valence-electron chi connectivity index (χ1n) is 36.4. The van der Waals surface area contributed by atoms with E-state index in [-0.39, 0.29) is 127 Å². The van der Waals surface area contributed by atoms with Crippen LogP contribution in [0.2, 0.25) is 0 Å². The summed E-state index contributed by atoms with van der Waals surface area (Å²) in [5.41, 5.74) is 42.8. The van der Waals surface area contributed by atoms with Gasteiger partial charge in [-0.25, -0.2) is 4.98 Å². The van der Waals surface area contributed by atoms with Crippen molar-refractivity contribution in [2.75, 3.05) is 44.2 Å². The zero-order valence-electron chi connectivity index (χ0n) is 60.5. The zero-order valence-corrected chi connectivity index (χ0v) is 62.2. The lowest BCUT2D eigenvalue weighted by Crippen LogP contribution is -2.60. The van der Waals surface area contributed by atoms with E-state index in [0.717, 1.165) is 32.5 Å². The molecule has 2 bridgehead atoms. The molecule has 8 amide bonds. The predicted molar refractivity (Wildman–Crippen MR) is 407 cm³/mol. The fraction of sp³-hybridized carbons (Fsp3) is 0.569. The summed E-state index contributed by atoms with van der Waals surface area (Å²) in [4.78, 5) is 198. The molecule has 0 unspecified atom stereocenters. The second-order valence-corrected chi connectivity index (χ2v) is 29.7. The smallest absolute Gasteiger partial charge is 0.244 e. The van der Waals surface area contributed by atoms with E-state index in [1.54, 1.807) is 43.5 Å². The number of nitrogens with one attached hydrogen (secondary N) is 10. The van der Waals surface area contributed by atoms with Crippen molar-refractivity contribution in [2.24, 2.45) is 73.8 Å². The number of benzene rings is 2. The summed E-state index contributed by atoms with van der Waals surface area (Å²) < 4.78 is 0. The standard InChI is InChI=1S/C72H108N20O12S2/c1-42-30-60(94)48-35-61(95)46(32-47-37-83-51-20-7-6-19-50(47)51)34-62(96)52(23-14-28-81-71(76)77)86-68(102)56(31-44-16-4-3-5-17-44)91-69(103)57(36-49-38-80-41-84-49)90-63(97)43(2)85-70(104)58(40-106-105-39-48)92-67(101)55(24-15-29-82-72(78)79)89-66(100)54(22-10-13-27-75)88-65(99)53(21-9-12-26-74)87-64(98)45(33-59(42)93)18-8-11-25-73/h3-7,16-17,19-20,37-38,41-43,45-46,48,52-58,83H,8-15,18,21-36,39-40,73-75H2,1-2H3,(H,80,84)(H,85,104)(H,86,102)(H,87,98)(H,88,99)(H,89,100)(H,90,97)(H,91,103)(H,92,101)(H4,76,77,81)(H4,78,79,82)/t42-,43-,45-,46-,48+,52+,53+,54+,55+,56-,57+,58+/m1/s1. The summed E-state index contributed by atoms with van der Waals surface area (Å²) in [6.45, 7) is 3.71. The van der Waals surface area contributed by atoms with Crippen molar-refractivity contribution < 1.29 is 57.5 Å². The number of imidazole rings is 1. The molecule has 0 saturated carbocycles. The number of aromatic amines is 2. The third-order valence-electron chi connectivity index (χ3n) is 18.7. The van der Waals surface area contributed by atoms with Gasteiger partial charge in [-0.3, -0.25) is 67.5 Å². The number of aliphatic imine (C=N–C) groups is 2. The van der Waals surface area contributed by atoms with Crippen LogP contribution >= 0.6 is 21.6 Å². The lowest BCUT2D eigenvalue weighted by Gasteiger charge is -2.28. The number of amides is 8. The molecule has 2 aliphatic heterocycles. The second-order valence-electron chi connectivity index (χ2n) is 27.2. The van der Waals surface area contributed by atoms with Crippen molar-refractivity contribution in [2.45, 2.75) is 191 Å². The molecule has 34 heteroatoms. The first kappa shape index (κ1) is 85.7. The number of rotatable bonds is 26. The molecule has 580 valence electrons. The highest BCUT2D eigenvalue weighted by Gasteiger charge is 2.39. The number of guanidine groups is 2. The Morgan fingerprint density at radius 1 is 0.453 bits per heavy atom. The number of nitrogens with zero attached hydrogens (tertiary/aromatic N) is 3. The van der Waals surface area contributed by atoms with Gasteiger partial charge < -0.3 is 92.6 Å². The summed E-state index contributed by atoms with van der Waals surface area (Å²) in [6.07, 6.45) is 5.33. The topological polar surface area (TPSA) is 552 Å². The van der Waals surface area contributed by atoms with Crippen LogP contribution in [0.5, 0.6) is 0 Å². The van der Waals surface area contributed by atoms with E-state index in [0.29, 0.717) is 55.3 Å². The van der Waals surface area contributed by atoms with E-state index in [2.05, 4.69) is 67.5 Å². The minimum Gasteiger partial charge on any atom is -0.370 e. The Morgan fingerprint density at radius 3 is 1.57 bits per heavy atom. The molecule has 0 spiro atoms. The molecule has 0 radical (unpaired) electrons. The number of Topliss-reactive ketones (excluding diaryl/α,β-unsaturated/α-hetero) is 4. The average molecular weight is 1510 g/mol. The van der Waals surface area contributed by atoms with Crippen molar-refractivity contribution in [1.82, 2.24) is 57.5 Å². The van der Waals surface area contributed by atoms with Gasteiger partial charge in [0.25, 0.3) is 0 Å². The lowest BCUT2D eigenvalue weighted by molar-refractivity contribution is -0.136. The number of unbranched alkanes of at least 4 members (excludes halogenated alkanes) is 3. The Morgan fingerprint density at radius 2 is 0.962 bits per heavy atom. The highest BCUT2D eigenvalue weighted by molar-refractivity contribution is 8.76. The first-order chi connectivity index (χ1) is 50.9. The minimum atomic E-state index is -1.55. The highest BCUT2D eigenvalue weighted by atomic mass is 33.1. The Hall–Kier alpha value is -9.25. The SMILES string of the molecule is C[C@@H]1CC(=O)[C@@H]2CSSC[C@H](NC(=O)[C@H](CCCN=C(N)N)NC(=O)[C@H](CCCCN)NC(=O)[C@H](CCCCN)NC(=O)[C@H](CCCCN)CC1=O)C(=O)N[C@H](C)C(=O)N[C@@H](Cc1cnc[nH]1)C(=O)N[C@H](Cc1ccccc1)C(=O)N[C@@H](CCCN=C(N)N)C(=O)C[C@@H](Cc1c[nH]c3ccccc13)C(=O)C2. The molecule has 12 atom stereocenters. The number of ketones is 4. The van der Waals surface area contributed by atoms with Crippen molar-refractivity contribution in [3.63, 3.8) is 0 Å². The molecule has 6 rings (SSSR count). The number of para-hydroxylation sites is 1. The van der Waals surface area contributed by atoms with Gasteiger partial charge >= 0.3 is 0 Å². The Balaban J connectivity index is 1.52. The van der Waals surface area contributed by atoms with E-state index >= 15 is 24.0 Å². The van der Waals surface area contributed by atoms with Gasteiger partial charge in [0.05, 0.1) is 12.4 Å². The summed E-state index contributed by atoms with van der Waals surface area (Å²) in [5.74, 6) is -13.9. The van der Waals surface area contributed by atoms with Crippen LogP contribution in [0.3, 0.4) is 0 Å². The Labute approximate surface area is 625 Å². The largest absolute Gasteiger partial charge is 0.370 e. The normalized spacial score (nSPS) is 24.6. The number of nitrogens with two attached hydrogens (primary N) is 7. The Bertz CT molecular complexity index is 3630. The van der Waals surface area contributed by atoms with Crippen molar-refractivity contribution >= 4 is 115 Å². The van der Waals surface area contributed by atoms with Crippen LogP contribution in [-0.2, 0) is 76.8 Å². The maximum atomic E-state index is 15.6. The molecule has 4 aromatic rings. The van der Waals surface area contributed by atoms with Crippen LogP contribution in [0.1, 0.15) is 140 Å². The van der Waals surface area contributed by atoms with Crippen LogP contribution in [0.4, 0.5) is 0 Å². The monoisotopic (exact) mass is 1510 g/mol. The maximum absolute atomic E-state index is 15.6. The predicted octanol–water partition coefficient (Wildman–Crippen LogP) is 0.0415. The van der Waals surface area contributed by atoms with Gasteiger partial charge in [-0.05, 0) is 127 Å². The van der Waals surface area contributed by atoms with Gasteiger partial charge in [0.1, 0.15) is 59.6 Å². The van der Waals surface area contributed by atoms with E-state index in [9.17, 15) is 33.6 Å². The van der Waals surface area contributed by atoms with Gasteiger partial charge in [0.15, 0.2) is 17.7 Å². The maximum Gasteiger partial charge on any atom is 0.244 e. The van der Waals surface area contributed by atoms with Crippen molar-refractivity contribution in [3.8, 4) is 0 Å². The van der Waals surface area contributed by atoms with Crippen LogP contribution < -0.4 is 82.7 Å². The molecule has 2 aliphatic rings. The van der Waals surface area contributed by atoms with Gasteiger partial charge in [0.2, 0.25) is 47.3 Å². The van der Waals surface area contributed by atoms with Gasteiger partial charge in [-0.1, -0.05) is 83.5 Å². The number of H-pyrrole nitrogens is 2. The fourth-order valence-electron chi connectivity index (χ4n) is 12.6. The molecule has 2 fully saturated rings. The van der Waals surface area contributed by atoms with Gasteiger partial charge in [0, 0.05) is 116 Å². The molecular formula is C72H108N20O12S2. The summed E-state index contributed by atoms with van der Waals surface area (Å²) in [7, 11) is 2.08. The second kappa shape index (κ2) is 45.3. The van der Waals surface area contributed by atoms with Gasteiger partial charge in [-0.15, -0.1) is 0 Å². The van der Waals surface area contributed by atoms with Gasteiger partial charge in [-0.2, -0.15) is 0 Å². The molecular weight excluding hydrogens is 1400 g/mol. The van der Waals surface area contributed by atoms with Crippen LogP contribution in [-0.4, -0.2) is 190 Å². The highest BCUT2D eigenvalue weighted by Crippen LogP contribution is 2.32. The van der Waals surface area contributed by atoms with Crippen molar-refractivity contribution in [1.29, 1.82) is 0 Å².